The zero-order valence-corrected chi connectivity index (χ0v) is 21.5. The Morgan fingerprint density at radius 2 is 2.24 bits per heavy atom. The number of aliphatic imine (C=N–C) groups is 1. The minimum atomic E-state index is -0.854. The Bertz CT molecular complexity index is 1020. The highest BCUT2D eigenvalue weighted by molar-refractivity contribution is 9.10. The average molecular weight is 558 g/mol. The number of rotatable bonds is 9. The van der Waals surface area contributed by atoms with Crippen molar-refractivity contribution in [2.45, 2.75) is 38.0 Å². The lowest BCUT2D eigenvalue weighted by atomic mass is 9.93. The monoisotopic (exact) mass is 556 g/mol. The van der Waals surface area contributed by atoms with Crippen molar-refractivity contribution in [1.29, 1.82) is 0 Å². The van der Waals surface area contributed by atoms with E-state index in [2.05, 4.69) is 38.1 Å². The van der Waals surface area contributed by atoms with Crippen LogP contribution in [0, 0.1) is 5.82 Å². The Labute approximate surface area is 209 Å². The van der Waals surface area contributed by atoms with E-state index in [0.717, 1.165) is 34.0 Å². The molecule has 2 N–H and O–H groups in total. The van der Waals surface area contributed by atoms with Crippen molar-refractivity contribution < 1.29 is 13.9 Å². The van der Waals surface area contributed by atoms with Crippen LogP contribution >= 0.6 is 39.0 Å². The first-order chi connectivity index (χ1) is 16.0. The van der Waals surface area contributed by atoms with Crippen LogP contribution in [0.25, 0.3) is 0 Å². The lowest BCUT2D eigenvalue weighted by Crippen LogP contribution is -2.40. The Hall–Kier alpha value is -1.33. The standard InChI is InChI=1S/C23H27BrF2N4OS2/c1-2-17-20(12-30-11-15(26)9-16(30)13-32-8-6-31)28-22(23-27-5-7-33-23)29-21(17)18-4-3-14(25)10-19(18)24/h3-5,7,10,15-16,21,31H,2,6,8-9,11-13H2,1H3,(H,28,29)/t15?,16?,21-/m1/s1. The third-order valence-corrected chi connectivity index (χ3v) is 8.46. The second-order valence-electron chi connectivity index (χ2n) is 8.08. The van der Waals surface area contributed by atoms with Crippen LogP contribution < -0.4 is 5.32 Å². The van der Waals surface area contributed by atoms with Gasteiger partial charge < -0.3 is 10.4 Å². The van der Waals surface area contributed by atoms with Crippen molar-refractivity contribution in [3.8, 4) is 0 Å². The molecule has 0 amide bonds. The molecule has 2 aliphatic rings. The maximum absolute atomic E-state index is 14.4. The Morgan fingerprint density at radius 1 is 1.39 bits per heavy atom. The number of alkyl halides is 1. The number of aliphatic hydroxyl groups is 1. The first kappa shape index (κ1) is 24.8. The Morgan fingerprint density at radius 3 is 2.94 bits per heavy atom. The van der Waals surface area contributed by atoms with Gasteiger partial charge in [0.25, 0.3) is 0 Å². The van der Waals surface area contributed by atoms with Crippen LogP contribution in [0.4, 0.5) is 8.78 Å². The molecule has 1 fully saturated rings. The number of nitrogens with zero attached hydrogens (tertiary/aromatic N) is 3. The van der Waals surface area contributed by atoms with E-state index < -0.39 is 6.17 Å². The summed E-state index contributed by atoms with van der Waals surface area (Å²) in [5.74, 6) is 1.82. The van der Waals surface area contributed by atoms with Crippen LogP contribution in [0.5, 0.6) is 0 Å². The Balaban J connectivity index is 1.67. The molecule has 33 heavy (non-hydrogen) atoms. The summed E-state index contributed by atoms with van der Waals surface area (Å²) >= 11 is 6.68. The number of aromatic nitrogens is 1. The summed E-state index contributed by atoms with van der Waals surface area (Å²) in [6.45, 7) is 3.18. The average Bonchev–Trinajstić information content (AvgIpc) is 3.44. The van der Waals surface area contributed by atoms with E-state index in [1.165, 1.54) is 23.5 Å². The molecule has 1 aromatic heterocycles. The fourth-order valence-corrected chi connectivity index (χ4v) is 6.45. The van der Waals surface area contributed by atoms with Gasteiger partial charge in [-0.05, 0) is 36.1 Å². The van der Waals surface area contributed by atoms with Crippen molar-refractivity contribution >= 4 is 44.9 Å². The summed E-state index contributed by atoms with van der Waals surface area (Å²) in [5, 5.41) is 15.3. The van der Waals surface area contributed by atoms with Crippen molar-refractivity contribution in [3.63, 3.8) is 0 Å². The number of hydrogen-bond acceptors (Lipinski definition) is 7. The Kier molecular flexibility index (Phi) is 8.56. The molecule has 0 aliphatic carbocycles. The number of aliphatic hydroxyl groups excluding tert-OH is 1. The second-order valence-corrected chi connectivity index (χ2v) is 11.0. The van der Waals surface area contributed by atoms with Crippen molar-refractivity contribution in [3.05, 3.63) is 61.9 Å². The van der Waals surface area contributed by atoms with E-state index in [-0.39, 0.29) is 24.5 Å². The van der Waals surface area contributed by atoms with Gasteiger partial charge in [-0.15, -0.1) is 11.3 Å². The molecule has 0 radical (unpaired) electrons. The molecule has 178 valence electrons. The lowest BCUT2D eigenvalue weighted by Gasteiger charge is -2.32. The minimum Gasteiger partial charge on any atom is -0.396 e. The first-order valence-corrected chi connectivity index (χ1v) is 13.8. The van der Waals surface area contributed by atoms with Crippen LogP contribution in [-0.4, -0.2) is 64.2 Å². The van der Waals surface area contributed by atoms with E-state index in [4.69, 9.17) is 10.1 Å². The van der Waals surface area contributed by atoms with Crippen molar-refractivity contribution in [2.75, 3.05) is 31.2 Å². The van der Waals surface area contributed by atoms with Gasteiger partial charge in [0.05, 0.1) is 6.61 Å². The molecule has 0 saturated carbocycles. The molecule has 10 heteroatoms. The van der Waals surface area contributed by atoms with Gasteiger partial charge in [-0.3, -0.25) is 9.89 Å². The zero-order chi connectivity index (χ0) is 23.4. The van der Waals surface area contributed by atoms with E-state index in [1.807, 2.05) is 5.38 Å². The van der Waals surface area contributed by atoms with E-state index >= 15 is 0 Å². The van der Waals surface area contributed by atoms with Crippen molar-refractivity contribution in [2.24, 2.45) is 4.99 Å². The van der Waals surface area contributed by atoms with Crippen molar-refractivity contribution in [1.82, 2.24) is 15.2 Å². The fourth-order valence-electron chi connectivity index (χ4n) is 4.38. The van der Waals surface area contributed by atoms with E-state index in [1.54, 1.807) is 24.0 Å². The molecule has 1 aromatic carbocycles. The number of halogens is 3. The summed E-state index contributed by atoms with van der Waals surface area (Å²) in [5.41, 5.74) is 3.00. The molecule has 3 atom stereocenters. The summed E-state index contributed by atoms with van der Waals surface area (Å²) in [4.78, 5) is 11.6. The molecule has 2 aliphatic heterocycles. The van der Waals surface area contributed by atoms with Gasteiger partial charge in [0.2, 0.25) is 0 Å². The summed E-state index contributed by atoms with van der Waals surface area (Å²) in [7, 11) is 0. The molecule has 1 saturated heterocycles. The van der Waals surface area contributed by atoms with Gasteiger partial charge in [0.1, 0.15) is 18.0 Å². The molecule has 5 nitrogen and oxygen atoms in total. The van der Waals surface area contributed by atoms with Gasteiger partial charge in [-0.1, -0.05) is 28.9 Å². The van der Waals surface area contributed by atoms with Crippen LogP contribution in [0.15, 0.2) is 50.5 Å². The van der Waals surface area contributed by atoms with Gasteiger partial charge >= 0.3 is 0 Å². The van der Waals surface area contributed by atoms with Gasteiger partial charge in [0, 0.05) is 52.4 Å². The smallest absolute Gasteiger partial charge is 0.163 e. The van der Waals surface area contributed by atoms with Gasteiger partial charge in [-0.25, -0.2) is 13.8 Å². The van der Waals surface area contributed by atoms with E-state index in [0.29, 0.717) is 35.6 Å². The highest BCUT2D eigenvalue weighted by Crippen LogP contribution is 2.38. The predicted molar refractivity (Wildman–Crippen MR) is 135 cm³/mol. The van der Waals surface area contributed by atoms with Crippen LogP contribution in [0.3, 0.4) is 0 Å². The van der Waals surface area contributed by atoms with Crippen LogP contribution in [0.1, 0.15) is 36.4 Å². The predicted octanol–water partition coefficient (Wildman–Crippen LogP) is 4.94. The van der Waals surface area contributed by atoms with E-state index in [9.17, 15) is 8.78 Å². The number of benzene rings is 1. The van der Waals surface area contributed by atoms with Crippen LogP contribution in [0.2, 0.25) is 0 Å². The maximum Gasteiger partial charge on any atom is 0.163 e. The number of hydrogen-bond donors (Lipinski definition) is 2. The normalized spacial score (nSPS) is 23.7. The first-order valence-electron chi connectivity index (χ1n) is 11.0. The summed E-state index contributed by atoms with van der Waals surface area (Å²) in [6.07, 6.45) is 2.15. The zero-order valence-electron chi connectivity index (χ0n) is 18.3. The highest BCUT2D eigenvalue weighted by atomic mass is 79.9. The maximum atomic E-state index is 14.4. The lowest BCUT2D eigenvalue weighted by molar-refractivity contribution is 0.271. The number of amidine groups is 1. The third-order valence-electron chi connectivity index (χ3n) is 5.90. The second kappa shape index (κ2) is 11.4. The molecular weight excluding hydrogens is 530 g/mol. The SMILES string of the molecule is CCC1=C(CN2CC(F)CC2CSCCO)NC(c2nccs2)=N[C@H]1c1ccc(F)cc1Br. The molecule has 3 heterocycles. The molecule has 4 rings (SSSR count). The molecule has 0 spiro atoms. The fraction of sp³-hybridized carbons (Fsp3) is 0.478. The number of thiazole rings is 1. The highest BCUT2D eigenvalue weighted by Gasteiger charge is 2.35. The van der Waals surface area contributed by atoms with Crippen LogP contribution in [-0.2, 0) is 0 Å². The molecule has 2 unspecified atom stereocenters. The molecular formula is C23H27BrF2N4OS2. The molecule has 2 aromatic rings. The number of likely N-dealkylation sites (tertiary alicyclic amines) is 1. The molecule has 0 bridgehead atoms. The topological polar surface area (TPSA) is 60.8 Å². The summed E-state index contributed by atoms with van der Waals surface area (Å²) in [6, 6.07) is 4.52. The minimum absolute atomic E-state index is 0.113. The quantitative estimate of drug-likeness (QED) is 0.428. The number of nitrogens with one attached hydrogen (secondary N) is 1. The largest absolute Gasteiger partial charge is 0.396 e. The van der Waals surface area contributed by atoms with Gasteiger partial charge in [-0.2, -0.15) is 11.8 Å². The van der Waals surface area contributed by atoms with Gasteiger partial charge in [0.15, 0.2) is 10.8 Å². The summed E-state index contributed by atoms with van der Waals surface area (Å²) < 4.78 is 28.8. The number of thioether (sulfide) groups is 1. The third kappa shape index (κ3) is 5.85.